The summed E-state index contributed by atoms with van der Waals surface area (Å²) in [6.45, 7) is 4.78. The molecular weight excluding hydrogens is 298 g/mol. The molecule has 2 aliphatic carbocycles. The Labute approximate surface area is 146 Å². The Morgan fingerprint density at radius 3 is 2.54 bits per heavy atom. The summed E-state index contributed by atoms with van der Waals surface area (Å²) >= 11 is 0. The van der Waals surface area contributed by atoms with E-state index in [9.17, 15) is 0 Å². The molecule has 1 atom stereocenters. The molecule has 24 heavy (non-hydrogen) atoms. The van der Waals surface area contributed by atoms with Crippen LogP contribution in [0.15, 0.2) is 24.0 Å². The summed E-state index contributed by atoms with van der Waals surface area (Å²) in [7, 11) is 0. The fourth-order valence-corrected chi connectivity index (χ4v) is 4.47. The average molecular weight is 332 g/mol. The van der Waals surface area contributed by atoms with E-state index in [2.05, 4.69) is 33.3 Å². The van der Waals surface area contributed by atoms with Crippen LogP contribution in [0.4, 0.5) is 0 Å². The van der Waals surface area contributed by atoms with Gasteiger partial charge in [0.05, 0.1) is 6.10 Å². The zero-order valence-electron chi connectivity index (χ0n) is 15.0. The average Bonchev–Trinajstić information content (AvgIpc) is 2.81. The molecule has 0 spiro atoms. The fourth-order valence-electron chi connectivity index (χ4n) is 4.47. The predicted molar refractivity (Wildman–Crippen MR) is 97.5 cm³/mol. The van der Waals surface area contributed by atoms with E-state index in [1.807, 2.05) is 0 Å². The minimum atomic E-state index is 0.0547. The van der Waals surface area contributed by atoms with E-state index in [0.717, 1.165) is 19.1 Å². The van der Waals surface area contributed by atoms with Gasteiger partial charge in [0.2, 0.25) is 0 Å². The summed E-state index contributed by atoms with van der Waals surface area (Å²) in [5.74, 6) is 1.26. The number of hydrogen-bond donors (Lipinski definition) is 1. The van der Waals surface area contributed by atoms with Crippen molar-refractivity contribution in [3.8, 4) is 0 Å². The van der Waals surface area contributed by atoms with Crippen LogP contribution in [0.25, 0.3) is 0 Å². The molecule has 0 aromatic rings. The fraction of sp³-hybridized carbons (Fsp3) is 0.800. The standard InChI is InChI=1S/C20H33N3O/c1-2-9-18(10-3-1)24-20-12-5-11-19(21-20)23-14-6-13-22(15-16-23)17-7-4-8-17/h5,11-12,17-18,20-21H,1-4,6-10,13-16H2. The lowest BCUT2D eigenvalue weighted by Gasteiger charge is -2.37. The maximum Gasteiger partial charge on any atom is 0.148 e. The topological polar surface area (TPSA) is 27.7 Å². The van der Waals surface area contributed by atoms with E-state index in [-0.39, 0.29) is 6.23 Å². The monoisotopic (exact) mass is 331 g/mol. The van der Waals surface area contributed by atoms with Crippen LogP contribution >= 0.6 is 0 Å². The van der Waals surface area contributed by atoms with Crippen LogP contribution in [0, 0.1) is 0 Å². The van der Waals surface area contributed by atoms with Gasteiger partial charge in [0.15, 0.2) is 0 Å². The first kappa shape index (κ1) is 16.5. The molecule has 0 aromatic heterocycles. The highest BCUT2D eigenvalue weighted by Gasteiger charge is 2.28. The highest BCUT2D eigenvalue weighted by atomic mass is 16.5. The minimum Gasteiger partial charge on any atom is -0.357 e. The minimum absolute atomic E-state index is 0.0547. The molecule has 3 fully saturated rings. The van der Waals surface area contributed by atoms with Crippen molar-refractivity contribution in [1.29, 1.82) is 0 Å². The number of nitrogens with zero attached hydrogens (tertiary/aromatic N) is 2. The third-order valence-corrected chi connectivity index (χ3v) is 6.18. The summed E-state index contributed by atoms with van der Waals surface area (Å²) in [5, 5.41) is 3.63. The molecule has 0 amide bonds. The second kappa shape index (κ2) is 7.92. The lowest BCUT2D eigenvalue weighted by Crippen LogP contribution is -2.44. The smallest absolute Gasteiger partial charge is 0.148 e. The largest absolute Gasteiger partial charge is 0.357 e. The van der Waals surface area contributed by atoms with E-state index >= 15 is 0 Å². The van der Waals surface area contributed by atoms with Gasteiger partial charge in [0.1, 0.15) is 12.0 Å². The second-order valence-corrected chi connectivity index (χ2v) is 7.86. The van der Waals surface area contributed by atoms with Gasteiger partial charge in [-0.15, -0.1) is 0 Å². The molecule has 134 valence electrons. The van der Waals surface area contributed by atoms with Crippen LogP contribution in [0.5, 0.6) is 0 Å². The molecule has 1 N–H and O–H groups in total. The summed E-state index contributed by atoms with van der Waals surface area (Å²) in [5.41, 5.74) is 0. The van der Waals surface area contributed by atoms with Gasteiger partial charge in [0, 0.05) is 32.2 Å². The third kappa shape index (κ3) is 3.97. The van der Waals surface area contributed by atoms with Gasteiger partial charge >= 0.3 is 0 Å². The highest BCUT2D eigenvalue weighted by Crippen LogP contribution is 2.26. The Hall–Kier alpha value is -1.00. The van der Waals surface area contributed by atoms with Gasteiger partial charge in [-0.1, -0.05) is 31.8 Å². The molecule has 2 heterocycles. The maximum absolute atomic E-state index is 6.29. The molecule has 1 unspecified atom stereocenters. The van der Waals surface area contributed by atoms with E-state index in [1.54, 1.807) is 0 Å². The summed E-state index contributed by atoms with van der Waals surface area (Å²) in [6.07, 6.45) is 19.1. The zero-order chi connectivity index (χ0) is 16.2. The quantitative estimate of drug-likeness (QED) is 0.856. The van der Waals surface area contributed by atoms with Gasteiger partial charge in [-0.2, -0.15) is 0 Å². The lowest BCUT2D eigenvalue weighted by molar-refractivity contribution is -0.0219. The summed E-state index contributed by atoms with van der Waals surface area (Å²) in [4.78, 5) is 5.25. The number of dihydropyridines is 1. The van der Waals surface area contributed by atoms with Crippen molar-refractivity contribution in [2.45, 2.75) is 76.2 Å². The first-order valence-corrected chi connectivity index (χ1v) is 10.2. The molecule has 4 rings (SSSR count). The normalized spacial score (nSPS) is 30.4. The lowest BCUT2D eigenvalue weighted by atomic mass is 9.91. The zero-order valence-corrected chi connectivity index (χ0v) is 15.0. The third-order valence-electron chi connectivity index (χ3n) is 6.18. The van der Waals surface area contributed by atoms with Crippen molar-refractivity contribution in [3.05, 3.63) is 24.0 Å². The van der Waals surface area contributed by atoms with E-state index in [1.165, 1.54) is 76.7 Å². The van der Waals surface area contributed by atoms with E-state index in [0.29, 0.717) is 6.10 Å². The van der Waals surface area contributed by atoms with Gasteiger partial charge in [-0.05, 0) is 44.3 Å². The van der Waals surface area contributed by atoms with Gasteiger partial charge < -0.3 is 15.0 Å². The van der Waals surface area contributed by atoms with Crippen LogP contribution in [0.2, 0.25) is 0 Å². The summed E-state index contributed by atoms with van der Waals surface area (Å²) in [6, 6.07) is 0.875. The van der Waals surface area contributed by atoms with Crippen LogP contribution in [-0.4, -0.2) is 54.4 Å². The van der Waals surface area contributed by atoms with Crippen LogP contribution in [-0.2, 0) is 4.74 Å². The van der Waals surface area contributed by atoms with Crippen molar-refractivity contribution in [2.75, 3.05) is 26.2 Å². The van der Waals surface area contributed by atoms with Crippen LogP contribution in [0.1, 0.15) is 57.8 Å². The molecule has 4 nitrogen and oxygen atoms in total. The molecule has 4 heteroatoms. The van der Waals surface area contributed by atoms with Crippen molar-refractivity contribution in [2.24, 2.45) is 0 Å². The Morgan fingerprint density at radius 1 is 0.875 bits per heavy atom. The molecule has 2 saturated carbocycles. The number of nitrogens with one attached hydrogen (secondary N) is 1. The molecule has 0 radical (unpaired) electrons. The molecule has 0 bridgehead atoms. The second-order valence-electron chi connectivity index (χ2n) is 7.86. The molecular formula is C20H33N3O. The number of rotatable bonds is 4. The molecule has 2 aliphatic heterocycles. The first-order chi connectivity index (χ1) is 11.9. The highest BCUT2D eigenvalue weighted by molar-refractivity contribution is 5.18. The van der Waals surface area contributed by atoms with Gasteiger partial charge in [0.25, 0.3) is 0 Å². The van der Waals surface area contributed by atoms with Crippen molar-refractivity contribution in [1.82, 2.24) is 15.1 Å². The molecule has 1 saturated heterocycles. The molecule has 4 aliphatic rings. The SMILES string of the molecule is C1=CC(OC2CCCCC2)NC(N2CCCN(C3CCC3)CC2)=C1. The Kier molecular flexibility index (Phi) is 5.43. The number of allylic oxidation sites excluding steroid dienone is 2. The Bertz CT molecular complexity index is 466. The van der Waals surface area contributed by atoms with Crippen molar-refractivity contribution < 1.29 is 4.74 Å². The van der Waals surface area contributed by atoms with Crippen LogP contribution < -0.4 is 5.32 Å². The Balaban J connectivity index is 1.29. The Morgan fingerprint density at radius 2 is 1.75 bits per heavy atom. The first-order valence-electron chi connectivity index (χ1n) is 10.2. The number of hydrogen-bond acceptors (Lipinski definition) is 4. The maximum atomic E-state index is 6.29. The number of ether oxygens (including phenoxy) is 1. The molecule has 0 aromatic carbocycles. The van der Waals surface area contributed by atoms with Crippen LogP contribution in [0.3, 0.4) is 0 Å². The van der Waals surface area contributed by atoms with E-state index < -0.39 is 0 Å². The van der Waals surface area contributed by atoms with E-state index in [4.69, 9.17) is 4.74 Å². The summed E-state index contributed by atoms with van der Waals surface area (Å²) < 4.78 is 6.29. The predicted octanol–water partition coefficient (Wildman–Crippen LogP) is 3.22. The van der Waals surface area contributed by atoms with Gasteiger partial charge in [-0.25, -0.2) is 0 Å². The van der Waals surface area contributed by atoms with Gasteiger partial charge in [-0.3, -0.25) is 4.90 Å². The van der Waals surface area contributed by atoms with Crippen molar-refractivity contribution >= 4 is 0 Å². The van der Waals surface area contributed by atoms with Crippen molar-refractivity contribution in [3.63, 3.8) is 0 Å².